The van der Waals surface area contributed by atoms with Crippen molar-refractivity contribution in [3.8, 4) is 5.88 Å². The molecule has 6 heteroatoms. The van der Waals surface area contributed by atoms with E-state index in [0.717, 1.165) is 25.9 Å². The lowest BCUT2D eigenvalue weighted by Crippen LogP contribution is -2.33. The second-order valence-corrected chi connectivity index (χ2v) is 4.59. The molecular formula is C12H17N3O3. The van der Waals surface area contributed by atoms with Crippen molar-refractivity contribution in [1.29, 1.82) is 0 Å². The van der Waals surface area contributed by atoms with Gasteiger partial charge in [0, 0.05) is 24.2 Å². The zero-order valence-corrected chi connectivity index (χ0v) is 10.4. The molecule has 1 N–H and O–H groups in total. The molecule has 0 saturated carbocycles. The second-order valence-electron chi connectivity index (χ2n) is 4.59. The molecule has 1 fully saturated rings. The minimum Gasteiger partial charge on any atom is -0.477 e. The Kier molecular flexibility index (Phi) is 4.09. The maximum absolute atomic E-state index is 10.8. The van der Waals surface area contributed by atoms with Gasteiger partial charge in [-0.15, -0.1) is 0 Å². The van der Waals surface area contributed by atoms with Crippen molar-refractivity contribution < 1.29 is 9.66 Å². The van der Waals surface area contributed by atoms with Crippen LogP contribution in [0.25, 0.3) is 0 Å². The van der Waals surface area contributed by atoms with Crippen LogP contribution in [0.2, 0.25) is 0 Å². The Balaban J connectivity index is 1.96. The first-order valence-corrected chi connectivity index (χ1v) is 6.11. The molecule has 0 spiro atoms. The van der Waals surface area contributed by atoms with E-state index in [-0.39, 0.29) is 5.69 Å². The van der Waals surface area contributed by atoms with E-state index in [2.05, 4.69) is 10.3 Å². The van der Waals surface area contributed by atoms with Gasteiger partial charge in [-0.25, -0.2) is 4.98 Å². The van der Waals surface area contributed by atoms with Crippen LogP contribution < -0.4 is 10.1 Å². The number of ether oxygens (including phenoxy) is 1. The summed E-state index contributed by atoms with van der Waals surface area (Å²) in [5, 5.41) is 14.1. The van der Waals surface area contributed by atoms with Gasteiger partial charge in [0.1, 0.15) is 0 Å². The first kappa shape index (κ1) is 12.8. The Hall–Kier alpha value is -1.69. The molecule has 6 nitrogen and oxygen atoms in total. The molecule has 0 aromatic carbocycles. The number of piperidine rings is 1. The number of rotatable bonds is 4. The summed E-state index contributed by atoms with van der Waals surface area (Å²) in [6, 6.07) is 1.39. The Morgan fingerprint density at radius 1 is 1.67 bits per heavy atom. The zero-order valence-electron chi connectivity index (χ0n) is 10.4. The van der Waals surface area contributed by atoms with E-state index in [1.807, 2.05) is 0 Å². The van der Waals surface area contributed by atoms with Gasteiger partial charge in [-0.2, -0.15) is 0 Å². The second kappa shape index (κ2) is 5.77. The van der Waals surface area contributed by atoms with Crippen molar-refractivity contribution in [1.82, 2.24) is 10.3 Å². The Morgan fingerprint density at radius 3 is 3.17 bits per heavy atom. The predicted molar refractivity (Wildman–Crippen MR) is 66.7 cm³/mol. The third kappa shape index (κ3) is 3.16. The van der Waals surface area contributed by atoms with E-state index < -0.39 is 4.92 Å². The van der Waals surface area contributed by atoms with Crippen molar-refractivity contribution in [2.24, 2.45) is 5.92 Å². The van der Waals surface area contributed by atoms with Crippen LogP contribution >= 0.6 is 0 Å². The topological polar surface area (TPSA) is 77.3 Å². The molecule has 1 aliphatic rings. The van der Waals surface area contributed by atoms with Gasteiger partial charge in [0.2, 0.25) is 5.88 Å². The first-order chi connectivity index (χ1) is 8.66. The Labute approximate surface area is 106 Å². The van der Waals surface area contributed by atoms with Gasteiger partial charge in [0.15, 0.2) is 0 Å². The highest BCUT2D eigenvalue weighted by Gasteiger charge is 2.16. The van der Waals surface area contributed by atoms with Crippen LogP contribution in [0.5, 0.6) is 5.88 Å². The third-order valence-electron chi connectivity index (χ3n) is 3.11. The molecule has 2 rings (SSSR count). The summed E-state index contributed by atoms with van der Waals surface area (Å²) in [7, 11) is 0. The van der Waals surface area contributed by atoms with E-state index in [9.17, 15) is 10.1 Å². The zero-order chi connectivity index (χ0) is 13.0. The number of nitro groups is 1. The monoisotopic (exact) mass is 251 g/mol. The van der Waals surface area contributed by atoms with E-state index in [1.54, 1.807) is 6.92 Å². The minimum atomic E-state index is -0.411. The molecule has 1 unspecified atom stereocenters. The molecule has 0 aliphatic carbocycles. The smallest absolute Gasteiger partial charge is 0.279 e. The average molecular weight is 251 g/mol. The number of nitrogens with one attached hydrogen (secondary N) is 1. The number of pyridine rings is 1. The van der Waals surface area contributed by atoms with Crippen LogP contribution in [0, 0.1) is 23.0 Å². The normalized spacial score (nSPS) is 19.5. The SMILES string of the molecule is Cc1cnc(OCC2CCCNC2)cc1[N+](=O)[O-]. The first-order valence-electron chi connectivity index (χ1n) is 6.11. The van der Waals surface area contributed by atoms with E-state index in [0.29, 0.717) is 24.0 Å². The highest BCUT2D eigenvalue weighted by atomic mass is 16.6. The molecule has 1 aromatic rings. The van der Waals surface area contributed by atoms with Crippen LogP contribution in [0.1, 0.15) is 18.4 Å². The number of hydrogen-bond acceptors (Lipinski definition) is 5. The van der Waals surface area contributed by atoms with Gasteiger partial charge < -0.3 is 10.1 Å². The molecule has 2 heterocycles. The molecule has 98 valence electrons. The number of nitrogens with zero attached hydrogens (tertiary/aromatic N) is 2. The van der Waals surface area contributed by atoms with E-state index in [1.165, 1.54) is 12.3 Å². The van der Waals surface area contributed by atoms with Gasteiger partial charge in [0.25, 0.3) is 5.69 Å². The van der Waals surface area contributed by atoms with Crippen molar-refractivity contribution in [2.75, 3.05) is 19.7 Å². The number of hydrogen-bond donors (Lipinski definition) is 1. The molecule has 1 aromatic heterocycles. The fourth-order valence-electron chi connectivity index (χ4n) is 2.04. The maximum Gasteiger partial charge on any atom is 0.279 e. The Bertz CT molecular complexity index is 431. The highest BCUT2D eigenvalue weighted by molar-refractivity contribution is 5.40. The summed E-state index contributed by atoms with van der Waals surface area (Å²) in [5.41, 5.74) is 0.605. The van der Waals surface area contributed by atoms with Crippen molar-refractivity contribution in [2.45, 2.75) is 19.8 Å². The molecule has 1 atom stereocenters. The summed E-state index contributed by atoms with van der Waals surface area (Å²) < 4.78 is 5.54. The number of aromatic nitrogens is 1. The minimum absolute atomic E-state index is 0.0572. The van der Waals surface area contributed by atoms with Gasteiger partial charge in [0.05, 0.1) is 17.6 Å². The van der Waals surface area contributed by atoms with Crippen LogP contribution in [-0.2, 0) is 0 Å². The largest absolute Gasteiger partial charge is 0.477 e. The average Bonchev–Trinajstić information content (AvgIpc) is 2.38. The summed E-state index contributed by atoms with van der Waals surface area (Å²) in [6.45, 7) is 4.22. The van der Waals surface area contributed by atoms with Gasteiger partial charge >= 0.3 is 0 Å². The van der Waals surface area contributed by atoms with E-state index in [4.69, 9.17) is 4.74 Å². The van der Waals surface area contributed by atoms with Crippen molar-refractivity contribution >= 4 is 5.69 Å². The molecule has 1 saturated heterocycles. The van der Waals surface area contributed by atoms with Crippen LogP contribution in [0.15, 0.2) is 12.3 Å². The molecule has 0 amide bonds. The highest BCUT2D eigenvalue weighted by Crippen LogP contribution is 2.22. The standard InChI is InChI=1S/C12H17N3O3/c1-9-6-14-12(5-11(9)15(16)17)18-8-10-3-2-4-13-7-10/h5-6,10,13H,2-4,7-8H2,1H3. The lowest BCUT2D eigenvalue weighted by molar-refractivity contribution is -0.385. The number of aryl methyl sites for hydroxylation is 1. The van der Waals surface area contributed by atoms with Crippen molar-refractivity contribution in [3.63, 3.8) is 0 Å². The predicted octanol–water partition coefficient (Wildman–Crippen LogP) is 1.68. The molecule has 0 radical (unpaired) electrons. The summed E-state index contributed by atoms with van der Waals surface area (Å²) in [4.78, 5) is 14.4. The summed E-state index contributed by atoms with van der Waals surface area (Å²) in [6.07, 6.45) is 3.75. The maximum atomic E-state index is 10.8. The molecule has 1 aliphatic heterocycles. The lowest BCUT2D eigenvalue weighted by Gasteiger charge is -2.22. The quantitative estimate of drug-likeness (QED) is 0.650. The van der Waals surface area contributed by atoms with Gasteiger partial charge in [-0.1, -0.05) is 0 Å². The molecular weight excluding hydrogens is 234 g/mol. The van der Waals surface area contributed by atoms with Crippen LogP contribution in [-0.4, -0.2) is 29.6 Å². The van der Waals surface area contributed by atoms with Crippen molar-refractivity contribution in [3.05, 3.63) is 27.9 Å². The van der Waals surface area contributed by atoms with Gasteiger partial charge in [-0.3, -0.25) is 10.1 Å². The van der Waals surface area contributed by atoms with E-state index >= 15 is 0 Å². The van der Waals surface area contributed by atoms with Gasteiger partial charge in [-0.05, 0) is 26.3 Å². The third-order valence-corrected chi connectivity index (χ3v) is 3.11. The molecule has 0 bridgehead atoms. The fourth-order valence-corrected chi connectivity index (χ4v) is 2.04. The van der Waals surface area contributed by atoms with Crippen LogP contribution in [0.3, 0.4) is 0 Å². The Morgan fingerprint density at radius 2 is 2.50 bits per heavy atom. The van der Waals surface area contributed by atoms with Crippen LogP contribution in [0.4, 0.5) is 5.69 Å². The summed E-state index contributed by atoms with van der Waals surface area (Å²) in [5.74, 6) is 0.791. The molecule has 18 heavy (non-hydrogen) atoms. The fraction of sp³-hybridized carbons (Fsp3) is 0.583. The summed E-state index contributed by atoms with van der Waals surface area (Å²) >= 11 is 0. The lowest BCUT2D eigenvalue weighted by atomic mass is 10.0.